The molecule has 0 aliphatic carbocycles. The number of esters is 1. The Hall–Kier alpha value is -2.22. The predicted octanol–water partition coefficient (Wildman–Crippen LogP) is 0.575. The van der Waals surface area contributed by atoms with Gasteiger partial charge in [0.1, 0.15) is 12.6 Å². The first kappa shape index (κ1) is 13.8. The molecule has 0 saturated carbocycles. The molecule has 0 spiro atoms. The van der Waals surface area contributed by atoms with Crippen LogP contribution in [0.15, 0.2) is 36.2 Å². The van der Waals surface area contributed by atoms with Gasteiger partial charge in [-0.25, -0.2) is 0 Å². The molecule has 5 nitrogen and oxygen atoms in total. The van der Waals surface area contributed by atoms with Crippen LogP contribution < -0.4 is 11.1 Å². The highest BCUT2D eigenvalue weighted by molar-refractivity contribution is 5.72. The first-order valence-corrected chi connectivity index (χ1v) is 4.74. The third-order valence-corrected chi connectivity index (χ3v) is 1.59. The lowest BCUT2D eigenvalue weighted by Gasteiger charge is -2.08. The summed E-state index contributed by atoms with van der Waals surface area (Å²) >= 11 is 0. The molecule has 0 heterocycles. The zero-order valence-electron chi connectivity index (χ0n) is 9.19. The van der Waals surface area contributed by atoms with Gasteiger partial charge >= 0.3 is 5.97 Å². The van der Waals surface area contributed by atoms with E-state index >= 15 is 0 Å². The summed E-state index contributed by atoms with van der Waals surface area (Å²) in [6.45, 7) is 5.52. The topological polar surface area (TPSA) is 88.1 Å². The van der Waals surface area contributed by atoms with Crippen LogP contribution in [0.5, 0.6) is 0 Å². The van der Waals surface area contributed by atoms with E-state index in [4.69, 9.17) is 15.7 Å². The van der Waals surface area contributed by atoms with Crippen LogP contribution in [0.1, 0.15) is 6.92 Å². The van der Waals surface area contributed by atoms with Crippen molar-refractivity contribution in [1.82, 2.24) is 5.32 Å². The zero-order valence-corrected chi connectivity index (χ0v) is 9.19. The quantitative estimate of drug-likeness (QED) is 0.389. The Bertz CT molecular complexity index is 351. The molecule has 0 aromatic carbocycles. The van der Waals surface area contributed by atoms with Gasteiger partial charge in [-0.3, -0.25) is 4.79 Å². The predicted molar refractivity (Wildman–Crippen MR) is 60.8 cm³/mol. The van der Waals surface area contributed by atoms with Crippen molar-refractivity contribution in [2.75, 3.05) is 13.2 Å². The van der Waals surface area contributed by atoms with Crippen LogP contribution in [-0.4, -0.2) is 19.1 Å². The smallest absolute Gasteiger partial charge is 0.325 e. The highest BCUT2D eigenvalue weighted by atomic mass is 16.5. The van der Waals surface area contributed by atoms with E-state index in [1.54, 1.807) is 13.0 Å². The van der Waals surface area contributed by atoms with Crippen molar-refractivity contribution in [3.63, 3.8) is 0 Å². The van der Waals surface area contributed by atoms with Gasteiger partial charge in [-0.15, -0.1) is 0 Å². The molecule has 0 radical (unpaired) electrons. The molecule has 3 N–H and O–H groups in total. The molecule has 0 saturated heterocycles. The molecule has 0 aliphatic rings. The number of ether oxygens (including phenoxy) is 1. The lowest BCUT2D eigenvalue weighted by molar-refractivity contribution is -0.141. The number of carbonyl (C=O) groups excluding carboxylic acids is 1. The molecule has 0 aromatic heterocycles. The number of nitrogens with zero attached hydrogens (tertiary/aromatic N) is 1. The normalized spacial score (nSPS) is 11.5. The fourth-order valence-electron chi connectivity index (χ4n) is 0.928. The molecule has 0 aliphatic heterocycles. The number of allylic oxidation sites excluding steroid dienone is 3. The van der Waals surface area contributed by atoms with Gasteiger partial charge in [-0.1, -0.05) is 12.7 Å². The zero-order chi connectivity index (χ0) is 12.4. The maximum atomic E-state index is 11.1. The number of hydrogen-bond acceptors (Lipinski definition) is 5. The van der Waals surface area contributed by atoms with E-state index in [0.29, 0.717) is 12.3 Å². The van der Waals surface area contributed by atoms with E-state index in [1.807, 2.05) is 6.07 Å². The van der Waals surface area contributed by atoms with Gasteiger partial charge in [0.15, 0.2) is 0 Å². The van der Waals surface area contributed by atoms with Crippen molar-refractivity contribution in [2.24, 2.45) is 5.73 Å². The summed E-state index contributed by atoms with van der Waals surface area (Å²) in [6.07, 6.45) is 4.21. The van der Waals surface area contributed by atoms with Gasteiger partial charge in [0.2, 0.25) is 0 Å². The number of hydrogen-bond donors (Lipinski definition) is 2. The maximum Gasteiger partial charge on any atom is 0.325 e. The van der Waals surface area contributed by atoms with Crippen molar-refractivity contribution >= 4 is 5.97 Å². The minimum absolute atomic E-state index is 0.0213. The fraction of sp³-hybridized carbons (Fsp3) is 0.273. The van der Waals surface area contributed by atoms with Gasteiger partial charge in [-0.05, 0) is 13.0 Å². The van der Waals surface area contributed by atoms with E-state index in [9.17, 15) is 4.79 Å². The second kappa shape index (κ2) is 8.12. The van der Waals surface area contributed by atoms with E-state index in [1.165, 1.54) is 6.08 Å². The summed E-state index contributed by atoms with van der Waals surface area (Å²) in [5.41, 5.74) is 5.94. The average molecular weight is 221 g/mol. The molecular weight excluding hydrogens is 206 g/mol. The maximum absolute atomic E-state index is 11.1. The van der Waals surface area contributed by atoms with E-state index < -0.39 is 5.97 Å². The summed E-state index contributed by atoms with van der Waals surface area (Å²) in [5, 5.41) is 11.5. The van der Waals surface area contributed by atoms with Crippen LogP contribution in [0.3, 0.4) is 0 Å². The Labute approximate surface area is 94.9 Å². The lowest BCUT2D eigenvalue weighted by Crippen LogP contribution is -2.25. The van der Waals surface area contributed by atoms with Crippen LogP contribution in [0.2, 0.25) is 0 Å². The third-order valence-electron chi connectivity index (χ3n) is 1.59. The second-order valence-corrected chi connectivity index (χ2v) is 2.67. The van der Waals surface area contributed by atoms with E-state index in [0.717, 1.165) is 6.20 Å². The van der Waals surface area contributed by atoms with Gasteiger partial charge < -0.3 is 15.8 Å². The molecule has 16 heavy (non-hydrogen) atoms. The van der Waals surface area contributed by atoms with Gasteiger partial charge in [-0.2, -0.15) is 5.26 Å². The molecule has 0 unspecified atom stereocenters. The summed E-state index contributed by atoms with van der Waals surface area (Å²) in [5.74, 6) is -0.397. The number of nitriles is 1. The largest absolute Gasteiger partial charge is 0.465 e. The third kappa shape index (κ3) is 4.86. The van der Waals surface area contributed by atoms with Crippen molar-refractivity contribution in [1.29, 1.82) is 5.26 Å². The SMILES string of the molecule is C=C/C=C(NCC(=O)OCC)\C(C#N)=C/N. The van der Waals surface area contributed by atoms with Crippen molar-refractivity contribution in [2.45, 2.75) is 6.92 Å². The van der Waals surface area contributed by atoms with Crippen molar-refractivity contribution < 1.29 is 9.53 Å². The van der Waals surface area contributed by atoms with Gasteiger partial charge in [0, 0.05) is 6.20 Å². The molecule has 5 heteroatoms. The number of rotatable bonds is 6. The molecule has 86 valence electrons. The van der Waals surface area contributed by atoms with Crippen molar-refractivity contribution in [3.8, 4) is 6.07 Å². The minimum atomic E-state index is -0.397. The molecule has 0 atom stereocenters. The number of nitrogens with two attached hydrogens (primary N) is 1. The summed E-state index contributed by atoms with van der Waals surface area (Å²) < 4.78 is 4.73. The Morgan fingerprint density at radius 2 is 2.38 bits per heavy atom. The Balaban J connectivity index is 4.50. The van der Waals surface area contributed by atoms with Gasteiger partial charge in [0.05, 0.1) is 17.9 Å². The second-order valence-electron chi connectivity index (χ2n) is 2.67. The van der Waals surface area contributed by atoms with Crippen LogP contribution >= 0.6 is 0 Å². The van der Waals surface area contributed by atoms with Crippen LogP contribution in [0, 0.1) is 11.3 Å². The number of carbonyl (C=O) groups is 1. The van der Waals surface area contributed by atoms with Crippen LogP contribution in [0.25, 0.3) is 0 Å². The summed E-state index contributed by atoms with van der Waals surface area (Å²) in [4.78, 5) is 11.1. The highest BCUT2D eigenvalue weighted by Gasteiger charge is 2.06. The fourth-order valence-corrected chi connectivity index (χ4v) is 0.928. The van der Waals surface area contributed by atoms with Crippen LogP contribution in [0.4, 0.5) is 0 Å². The average Bonchev–Trinajstić information content (AvgIpc) is 2.28. The molecule has 0 bridgehead atoms. The molecule has 0 amide bonds. The monoisotopic (exact) mass is 221 g/mol. The Morgan fingerprint density at radius 3 is 2.81 bits per heavy atom. The first-order valence-electron chi connectivity index (χ1n) is 4.74. The summed E-state index contributed by atoms with van der Waals surface area (Å²) in [6, 6.07) is 1.90. The Kier molecular flexibility index (Phi) is 6.99. The van der Waals surface area contributed by atoms with Gasteiger partial charge in [0.25, 0.3) is 0 Å². The van der Waals surface area contributed by atoms with Crippen LogP contribution in [-0.2, 0) is 9.53 Å². The summed E-state index contributed by atoms with van der Waals surface area (Å²) in [7, 11) is 0. The molecule has 0 rings (SSSR count). The minimum Gasteiger partial charge on any atom is -0.465 e. The first-order chi connectivity index (χ1) is 7.69. The Morgan fingerprint density at radius 1 is 1.69 bits per heavy atom. The molecular formula is C11H15N3O2. The van der Waals surface area contributed by atoms with Crippen molar-refractivity contribution in [3.05, 3.63) is 36.2 Å². The molecule has 0 aromatic rings. The van der Waals surface area contributed by atoms with E-state index in [-0.39, 0.29) is 12.1 Å². The number of nitrogens with one attached hydrogen (secondary N) is 1. The molecule has 0 fully saturated rings. The highest BCUT2D eigenvalue weighted by Crippen LogP contribution is 2.03. The van der Waals surface area contributed by atoms with E-state index in [2.05, 4.69) is 11.9 Å². The standard InChI is InChI=1S/C11H15N3O2/c1-3-5-10(9(6-12)7-13)14-8-11(15)16-4-2/h3,5-6,14H,1,4,8,12H2,2H3/b9-6-,10-5+. The lowest BCUT2D eigenvalue weighted by atomic mass is 10.2.